The van der Waals surface area contributed by atoms with Crippen LogP contribution in [0.4, 0.5) is 0 Å². The molecule has 0 aliphatic heterocycles. The van der Waals surface area contributed by atoms with Crippen molar-refractivity contribution in [3.05, 3.63) is 0 Å². The number of hydrogen-bond acceptors (Lipinski definition) is 3. The molecule has 0 rings (SSSR count). The molecule has 0 aromatic carbocycles. The Morgan fingerprint density at radius 1 is 0.806 bits per heavy atom. The molecule has 0 fully saturated rings. The van der Waals surface area contributed by atoms with E-state index in [9.17, 15) is 4.57 Å². The SMILES string of the molecule is CCCCCCCCCCCCC(CCC)COCCP(=O)(O)O.C[N+](C)(C)CCO. The minimum Gasteiger partial charge on any atom is -0.391 e. The first kappa shape index (κ1) is 33.2. The topological polar surface area (TPSA) is 87.0 Å². The Balaban J connectivity index is 0. The van der Waals surface area contributed by atoms with E-state index in [1.165, 1.54) is 70.6 Å². The van der Waals surface area contributed by atoms with Gasteiger partial charge in [-0.2, -0.15) is 0 Å². The zero-order chi connectivity index (χ0) is 24.0. The number of quaternary nitrogens is 1. The van der Waals surface area contributed by atoms with Crippen LogP contribution >= 0.6 is 7.60 Å². The van der Waals surface area contributed by atoms with Crippen molar-refractivity contribution in [1.29, 1.82) is 0 Å². The molecule has 3 N–H and O–H groups in total. The van der Waals surface area contributed by atoms with Crippen LogP contribution in [0.15, 0.2) is 0 Å². The highest BCUT2D eigenvalue weighted by Gasteiger charge is 2.13. The van der Waals surface area contributed by atoms with Crippen LogP contribution in [0.1, 0.15) is 97.3 Å². The first-order valence-corrected chi connectivity index (χ1v) is 14.4. The molecule has 190 valence electrons. The van der Waals surface area contributed by atoms with Crippen molar-refractivity contribution >= 4 is 7.60 Å². The summed E-state index contributed by atoms with van der Waals surface area (Å²) in [4.78, 5) is 17.6. The molecule has 0 aliphatic carbocycles. The second-order valence-corrected chi connectivity index (χ2v) is 11.6. The highest BCUT2D eigenvalue weighted by molar-refractivity contribution is 7.51. The molecular formula is C24H55NO5P+. The highest BCUT2D eigenvalue weighted by atomic mass is 31.2. The van der Waals surface area contributed by atoms with Crippen LogP contribution < -0.4 is 0 Å². The number of aliphatic hydroxyl groups is 1. The lowest BCUT2D eigenvalue weighted by Gasteiger charge is -2.21. The predicted molar refractivity (Wildman–Crippen MR) is 133 cm³/mol. The van der Waals surface area contributed by atoms with Gasteiger partial charge in [0.25, 0.3) is 0 Å². The van der Waals surface area contributed by atoms with Crippen LogP contribution in [-0.2, 0) is 9.30 Å². The maximum Gasteiger partial charge on any atom is 0.327 e. The van der Waals surface area contributed by atoms with E-state index in [1.807, 2.05) is 0 Å². The van der Waals surface area contributed by atoms with E-state index >= 15 is 0 Å². The fraction of sp³-hybridized carbons (Fsp3) is 1.00. The van der Waals surface area contributed by atoms with Crippen molar-refractivity contribution < 1.29 is 28.7 Å². The molecule has 1 atom stereocenters. The van der Waals surface area contributed by atoms with Crippen molar-refractivity contribution in [2.75, 3.05) is 53.7 Å². The number of unbranched alkanes of at least 4 members (excludes halogenated alkanes) is 9. The van der Waals surface area contributed by atoms with Crippen LogP contribution in [0.3, 0.4) is 0 Å². The van der Waals surface area contributed by atoms with E-state index in [4.69, 9.17) is 19.6 Å². The molecule has 0 saturated heterocycles. The standard InChI is InChI=1S/C19H41O4P.C5H14NO/c1-3-5-6-7-8-9-10-11-12-13-15-19(14-4-2)18-23-16-17-24(20,21)22;1-6(2,3)4-5-7/h19H,3-18H2,1-2H3,(H2,20,21,22);7H,4-5H2,1-3H3/q;+1. The van der Waals surface area contributed by atoms with Crippen LogP contribution in [0, 0.1) is 5.92 Å². The molecule has 0 heterocycles. The minimum absolute atomic E-state index is 0.163. The van der Waals surface area contributed by atoms with E-state index in [2.05, 4.69) is 35.0 Å². The van der Waals surface area contributed by atoms with Crippen molar-refractivity contribution in [2.45, 2.75) is 97.3 Å². The van der Waals surface area contributed by atoms with Gasteiger partial charge in [0, 0.05) is 6.61 Å². The summed E-state index contributed by atoms with van der Waals surface area (Å²) in [6.45, 7) is 6.37. The molecule has 31 heavy (non-hydrogen) atoms. The molecule has 0 spiro atoms. The van der Waals surface area contributed by atoms with Gasteiger partial charge in [-0.05, 0) is 18.8 Å². The van der Waals surface area contributed by atoms with E-state index in [-0.39, 0.29) is 19.4 Å². The number of aliphatic hydroxyl groups excluding tert-OH is 1. The Morgan fingerprint density at radius 3 is 1.71 bits per heavy atom. The number of ether oxygens (including phenoxy) is 1. The van der Waals surface area contributed by atoms with Gasteiger partial charge in [-0.3, -0.25) is 4.57 Å². The maximum absolute atomic E-state index is 10.8. The molecule has 0 aromatic rings. The largest absolute Gasteiger partial charge is 0.391 e. The van der Waals surface area contributed by atoms with Crippen LogP contribution in [0.25, 0.3) is 0 Å². The van der Waals surface area contributed by atoms with Gasteiger partial charge >= 0.3 is 7.60 Å². The minimum atomic E-state index is -3.91. The Kier molecular flexibility index (Phi) is 23.4. The average Bonchev–Trinajstić information content (AvgIpc) is 2.65. The quantitative estimate of drug-likeness (QED) is 0.123. The third kappa shape index (κ3) is 32.3. The molecule has 0 bridgehead atoms. The van der Waals surface area contributed by atoms with Crippen molar-refractivity contribution in [3.63, 3.8) is 0 Å². The lowest BCUT2D eigenvalue weighted by atomic mass is 9.96. The molecule has 6 nitrogen and oxygen atoms in total. The first-order chi connectivity index (χ1) is 14.6. The maximum atomic E-state index is 10.8. The molecular weight excluding hydrogens is 413 g/mol. The first-order valence-electron chi connectivity index (χ1n) is 12.6. The fourth-order valence-electron chi connectivity index (χ4n) is 3.37. The number of likely N-dealkylation sites (N-methyl/N-ethyl adjacent to an activating group) is 1. The summed E-state index contributed by atoms with van der Waals surface area (Å²) in [5.74, 6) is 0.542. The summed E-state index contributed by atoms with van der Waals surface area (Å²) in [5, 5.41) is 8.39. The zero-order valence-corrected chi connectivity index (χ0v) is 22.3. The van der Waals surface area contributed by atoms with Gasteiger partial charge in [-0.1, -0.05) is 84.5 Å². The molecule has 1 unspecified atom stereocenters. The molecule has 0 aromatic heterocycles. The van der Waals surface area contributed by atoms with Gasteiger partial charge < -0.3 is 24.1 Å². The van der Waals surface area contributed by atoms with Gasteiger partial charge in [0.2, 0.25) is 0 Å². The molecule has 0 saturated carbocycles. The van der Waals surface area contributed by atoms with Gasteiger partial charge in [-0.25, -0.2) is 0 Å². The summed E-state index contributed by atoms with van der Waals surface area (Å²) in [6, 6.07) is 0. The average molecular weight is 469 g/mol. The normalized spacial score (nSPS) is 13.0. The Bertz CT molecular complexity index is 409. The number of hydrogen-bond donors (Lipinski definition) is 3. The summed E-state index contributed by atoms with van der Waals surface area (Å²) in [5.41, 5.74) is 0. The van der Waals surface area contributed by atoms with Crippen molar-refractivity contribution in [2.24, 2.45) is 5.92 Å². The van der Waals surface area contributed by atoms with E-state index < -0.39 is 7.60 Å². The number of nitrogens with zero attached hydrogens (tertiary/aromatic N) is 1. The lowest BCUT2D eigenvalue weighted by Crippen LogP contribution is -2.36. The summed E-state index contributed by atoms with van der Waals surface area (Å²) in [6.07, 6.45) is 16.9. The Morgan fingerprint density at radius 2 is 1.32 bits per heavy atom. The number of rotatable bonds is 20. The van der Waals surface area contributed by atoms with Crippen LogP contribution in [0.5, 0.6) is 0 Å². The van der Waals surface area contributed by atoms with E-state index in [0.717, 1.165) is 23.9 Å². The van der Waals surface area contributed by atoms with Gasteiger partial charge in [-0.15, -0.1) is 0 Å². The van der Waals surface area contributed by atoms with Crippen LogP contribution in [0.2, 0.25) is 0 Å². The van der Waals surface area contributed by atoms with E-state index in [1.54, 1.807) is 0 Å². The summed E-state index contributed by atoms with van der Waals surface area (Å²) < 4.78 is 17.1. The van der Waals surface area contributed by atoms with Gasteiger partial charge in [0.15, 0.2) is 0 Å². The second kappa shape index (κ2) is 21.9. The molecule has 7 heteroatoms. The summed E-state index contributed by atoms with van der Waals surface area (Å²) >= 11 is 0. The van der Waals surface area contributed by atoms with Crippen LogP contribution in [-0.4, -0.2) is 73.0 Å². The van der Waals surface area contributed by atoms with Gasteiger partial charge in [0.1, 0.15) is 6.54 Å². The fourth-order valence-corrected chi connectivity index (χ4v) is 3.74. The lowest BCUT2D eigenvalue weighted by molar-refractivity contribution is -0.870. The summed E-state index contributed by atoms with van der Waals surface area (Å²) in [7, 11) is 2.24. The monoisotopic (exact) mass is 468 g/mol. The molecule has 0 amide bonds. The highest BCUT2D eigenvalue weighted by Crippen LogP contribution is 2.33. The van der Waals surface area contributed by atoms with E-state index in [0.29, 0.717) is 12.5 Å². The third-order valence-electron chi connectivity index (χ3n) is 5.31. The Hall–Kier alpha value is 0.0300. The zero-order valence-electron chi connectivity index (χ0n) is 21.4. The Labute approximate surface area is 193 Å². The predicted octanol–water partition coefficient (Wildman–Crippen LogP) is 5.59. The van der Waals surface area contributed by atoms with Gasteiger partial charge in [0.05, 0.1) is 40.5 Å². The smallest absolute Gasteiger partial charge is 0.327 e. The molecule has 0 aliphatic rings. The molecule has 0 radical (unpaired) electrons. The third-order valence-corrected chi connectivity index (χ3v) is 6.08. The second-order valence-electron chi connectivity index (χ2n) is 9.83. The van der Waals surface area contributed by atoms with Crippen molar-refractivity contribution in [3.8, 4) is 0 Å². The van der Waals surface area contributed by atoms with Crippen molar-refractivity contribution in [1.82, 2.24) is 0 Å².